The lowest BCUT2D eigenvalue weighted by atomic mass is 9.96. The van der Waals surface area contributed by atoms with Crippen molar-refractivity contribution in [3.63, 3.8) is 0 Å². The minimum absolute atomic E-state index is 0.0234. The van der Waals surface area contributed by atoms with Gasteiger partial charge < -0.3 is 10.2 Å². The molecular weight excluding hydrogens is 407 g/mol. The Labute approximate surface area is 167 Å². The predicted octanol–water partition coefficient (Wildman–Crippen LogP) is 2.99. The third-order valence-corrected chi connectivity index (χ3v) is 5.42. The third kappa shape index (κ3) is 4.58. The Morgan fingerprint density at radius 1 is 1.14 bits per heavy atom. The molecule has 0 spiro atoms. The summed E-state index contributed by atoms with van der Waals surface area (Å²) in [6.45, 7) is 1.19. The lowest BCUT2D eigenvalue weighted by Crippen LogP contribution is -2.38. The predicted molar refractivity (Wildman–Crippen MR) is 100 cm³/mol. The number of piperidine rings is 1. The van der Waals surface area contributed by atoms with E-state index in [2.05, 4.69) is 25.9 Å². The molecule has 1 amide bonds. The molecule has 12 heteroatoms. The van der Waals surface area contributed by atoms with Crippen LogP contribution in [-0.4, -0.2) is 49.8 Å². The highest BCUT2D eigenvalue weighted by Gasteiger charge is 2.31. The smallest absolute Gasteiger partial charge is 0.355 e. The van der Waals surface area contributed by atoms with E-state index in [1.54, 1.807) is 12.1 Å². The van der Waals surface area contributed by atoms with E-state index in [1.807, 2.05) is 11.0 Å². The maximum absolute atomic E-state index is 12.7. The minimum atomic E-state index is -4.42. The number of fused-ring (bicyclic) bond motifs is 1. The molecule has 29 heavy (non-hydrogen) atoms. The topological polar surface area (TPSA) is 88.3 Å². The molecule has 152 valence electrons. The Bertz CT molecular complexity index is 1020. The van der Waals surface area contributed by atoms with Gasteiger partial charge >= 0.3 is 5.51 Å². The van der Waals surface area contributed by atoms with E-state index in [-0.39, 0.29) is 34.2 Å². The maximum Gasteiger partial charge on any atom is 0.446 e. The highest BCUT2D eigenvalue weighted by atomic mass is 32.2. The zero-order chi connectivity index (χ0) is 20.4. The van der Waals surface area contributed by atoms with Gasteiger partial charge in [-0.05, 0) is 59.3 Å². The van der Waals surface area contributed by atoms with Crippen LogP contribution in [0.5, 0.6) is 0 Å². The molecule has 8 nitrogen and oxygen atoms in total. The molecule has 0 saturated carbocycles. The van der Waals surface area contributed by atoms with E-state index in [9.17, 15) is 18.0 Å². The first kappa shape index (κ1) is 19.4. The van der Waals surface area contributed by atoms with Gasteiger partial charge in [-0.2, -0.15) is 13.2 Å². The SMILES string of the molecule is O=C(Nc1ccccc1SC(F)(F)F)C1CCN(c2ccc3nnnn3n2)CC1. The van der Waals surface area contributed by atoms with Crippen LogP contribution in [0.4, 0.5) is 24.7 Å². The molecule has 3 heterocycles. The van der Waals surface area contributed by atoms with Crippen LogP contribution >= 0.6 is 11.8 Å². The minimum Gasteiger partial charge on any atom is -0.355 e. The molecule has 3 aromatic rings. The van der Waals surface area contributed by atoms with Crippen LogP contribution in [0.3, 0.4) is 0 Å². The summed E-state index contributed by atoms with van der Waals surface area (Å²) in [5, 5.41) is 18.1. The number of benzene rings is 1. The molecule has 0 unspecified atom stereocenters. The van der Waals surface area contributed by atoms with Crippen molar-refractivity contribution in [2.24, 2.45) is 5.92 Å². The molecule has 1 fully saturated rings. The number of anilines is 2. The van der Waals surface area contributed by atoms with Gasteiger partial charge in [0, 0.05) is 23.9 Å². The van der Waals surface area contributed by atoms with Gasteiger partial charge in [0.15, 0.2) is 11.5 Å². The molecule has 4 rings (SSSR count). The number of carbonyl (C=O) groups excluding carboxylic acids is 1. The summed E-state index contributed by atoms with van der Waals surface area (Å²) in [6.07, 6.45) is 1.13. The number of alkyl halides is 3. The van der Waals surface area contributed by atoms with E-state index in [0.29, 0.717) is 37.4 Å². The van der Waals surface area contributed by atoms with Crippen LogP contribution in [0.2, 0.25) is 0 Å². The highest BCUT2D eigenvalue weighted by molar-refractivity contribution is 8.00. The summed E-state index contributed by atoms with van der Waals surface area (Å²) in [6, 6.07) is 9.51. The van der Waals surface area contributed by atoms with Gasteiger partial charge in [-0.15, -0.1) is 14.8 Å². The maximum atomic E-state index is 12.7. The Morgan fingerprint density at radius 2 is 1.90 bits per heavy atom. The molecule has 0 aliphatic carbocycles. The second kappa shape index (κ2) is 7.85. The average Bonchev–Trinajstić information content (AvgIpc) is 3.16. The molecule has 1 saturated heterocycles. The number of amides is 1. The van der Waals surface area contributed by atoms with Crippen LogP contribution in [0.25, 0.3) is 5.65 Å². The molecule has 1 aliphatic heterocycles. The van der Waals surface area contributed by atoms with Gasteiger partial charge in [0.25, 0.3) is 0 Å². The summed E-state index contributed by atoms with van der Waals surface area (Å²) in [5.41, 5.74) is -3.70. The fourth-order valence-electron chi connectivity index (χ4n) is 3.20. The fraction of sp³-hybridized carbons (Fsp3) is 0.353. The Balaban J connectivity index is 1.38. The third-order valence-electron chi connectivity index (χ3n) is 4.62. The number of rotatable bonds is 4. The molecule has 0 atom stereocenters. The standard InChI is InChI=1S/C17H16F3N7OS/c18-17(19,20)29-13-4-2-1-3-12(13)21-16(28)11-7-9-26(10-8-11)15-6-5-14-22-24-25-27(14)23-15/h1-6,11H,7-10H2,(H,21,28). The normalized spacial score (nSPS) is 15.6. The number of nitrogens with zero attached hydrogens (tertiary/aromatic N) is 6. The first-order valence-electron chi connectivity index (χ1n) is 8.85. The fourth-order valence-corrected chi connectivity index (χ4v) is 3.82. The second-order valence-corrected chi connectivity index (χ2v) is 7.62. The second-order valence-electron chi connectivity index (χ2n) is 6.51. The van der Waals surface area contributed by atoms with E-state index >= 15 is 0 Å². The largest absolute Gasteiger partial charge is 0.446 e. The van der Waals surface area contributed by atoms with Crippen molar-refractivity contribution < 1.29 is 18.0 Å². The number of carbonyl (C=O) groups is 1. The van der Waals surface area contributed by atoms with Gasteiger partial charge in [0.2, 0.25) is 5.91 Å². The lowest BCUT2D eigenvalue weighted by Gasteiger charge is -2.32. The number of aromatic nitrogens is 5. The van der Waals surface area contributed by atoms with E-state index in [4.69, 9.17) is 0 Å². The average molecular weight is 423 g/mol. The monoisotopic (exact) mass is 423 g/mol. The number of thioether (sulfide) groups is 1. The highest BCUT2D eigenvalue weighted by Crippen LogP contribution is 2.40. The van der Waals surface area contributed by atoms with Crippen LogP contribution in [0.1, 0.15) is 12.8 Å². The zero-order valence-corrected chi connectivity index (χ0v) is 15.8. The molecule has 0 radical (unpaired) electrons. The molecule has 1 N–H and O–H groups in total. The van der Waals surface area contributed by atoms with Crippen molar-refractivity contribution >= 4 is 34.8 Å². The number of hydrogen-bond donors (Lipinski definition) is 1. The number of halogens is 3. The summed E-state index contributed by atoms with van der Waals surface area (Å²) < 4.78 is 39.5. The summed E-state index contributed by atoms with van der Waals surface area (Å²) in [4.78, 5) is 14.6. The van der Waals surface area contributed by atoms with Crippen LogP contribution in [0.15, 0.2) is 41.3 Å². The van der Waals surface area contributed by atoms with Crippen LogP contribution in [-0.2, 0) is 4.79 Å². The number of hydrogen-bond acceptors (Lipinski definition) is 7. The van der Waals surface area contributed by atoms with Gasteiger partial charge in [-0.25, -0.2) is 0 Å². The number of nitrogens with one attached hydrogen (secondary N) is 1. The summed E-state index contributed by atoms with van der Waals surface area (Å²) >= 11 is -0.234. The lowest BCUT2D eigenvalue weighted by molar-refractivity contribution is -0.120. The van der Waals surface area contributed by atoms with Crippen molar-refractivity contribution in [2.75, 3.05) is 23.3 Å². The van der Waals surface area contributed by atoms with Crippen molar-refractivity contribution in [3.8, 4) is 0 Å². The van der Waals surface area contributed by atoms with E-state index < -0.39 is 5.51 Å². The molecule has 1 aliphatic rings. The van der Waals surface area contributed by atoms with Gasteiger partial charge in [-0.1, -0.05) is 12.1 Å². The first-order chi connectivity index (χ1) is 13.9. The zero-order valence-electron chi connectivity index (χ0n) is 15.0. The summed E-state index contributed by atoms with van der Waals surface area (Å²) in [5.74, 6) is 0.145. The molecule has 2 aromatic heterocycles. The van der Waals surface area contributed by atoms with Crippen molar-refractivity contribution in [3.05, 3.63) is 36.4 Å². The van der Waals surface area contributed by atoms with Gasteiger partial charge in [-0.3, -0.25) is 4.79 Å². The van der Waals surface area contributed by atoms with Crippen molar-refractivity contribution in [1.29, 1.82) is 0 Å². The molecular formula is C17H16F3N7OS. The number of para-hydroxylation sites is 1. The Morgan fingerprint density at radius 3 is 2.66 bits per heavy atom. The van der Waals surface area contributed by atoms with Crippen LogP contribution < -0.4 is 10.2 Å². The molecule has 1 aromatic carbocycles. The Kier molecular flexibility index (Phi) is 5.26. The van der Waals surface area contributed by atoms with Gasteiger partial charge in [0.05, 0.1) is 5.69 Å². The Hall–Kier alpha value is -2.89. The van der Waals surface area contributed by atoms with E-state index in [0.717, 1.165) is 0 Å². The molecule has 0 bridgehead atoms. The van der Waals surface area contributed by atoms with Gasteiger partial charge in [0.1, 0.15) is 0 Å². The first-order valence-corrected chi connectivity index (χ1v) is 9.67. The number of tetrazole rings is 1. The van der Waals surface area contributed by atoms with Crippen molar-refractivity contribution in [1.82, 2.24) is 25.3 Å². The van der Waals surface area contributed by atoms with Crippen molar-refractivity contribution in [2.45, 2.75) is 23.2 Å². The van der Waals surface area contributed by atoms with Crippen LogP contribution in [0, 0.1) is 5.92 Å². The quantitative estimate of drug-likeness (QED) is 0.646. The summed E-state index contributed by atoms with van der Waals surface area (Å²) in [7, 11) is 0. The van der Waals surface area contributed by atoms with E-state index in [1.165, 1.54) is 22.8 Å².